The van der Waals surface area contributed by atoms with Crippen LogP contribution in [0.1, 0.15) is 145 Å². The van der Waals surface area contributed by atoms with E-state index in [1.54, 1.807) is 0 Å². The highest BCUT2D eigenvalue weighted by Crippen LogP contribution is 2.77. The van der Waals surface area contributed by atoms with Crippen molar-refractivity contribution in [1.82, 2.24) is 10.6 Å². The van der Waals surface area contributed by atoms with Gasteiger partial charge in [-0.1, -0.05) is 60.6 Å². The molecule has 5 aliphatic carbocycles. The molecule has 49 heavy (non-hydrogen) atoms. The van der Waals surface area contributed by atoms with E-state index in [2.05, 4.69) is 58.8 Å². The molecule has 1 aliphatic heterocycles. The van der Waals surface area contributed by atoms with Crippen LogP contribution in [0.5, 0.6) is 0 Å². The molecular formula is C42H68N2O5. The zero-order valence-electron chi connectivity index (χ0n) is 32.1. The number of carbonyl (C=O) groups excluding carboxylic acids is 2. The van der Waals surface area contributed by atoms with Crippen molar-refractivity contribution >= 4 is 17.8 Å². The van der Waals surface area contributed by atoms with Gasteiger partial charge in [-0.15, -0.1) is 0 Å². The average molecular weight is 681 g/mol. The first kappa shape index (κ1) is 36.9. The van der Waals surface area contributed by atoms with Gasteiger partial charge in [-0.3, -0.25) is 14.4 Å². The summed E-state index contributed by atoms with van der Waals surface area (Å²) in [4.78, 5) is 39.1. The van der Waals surface area contributed by atoms with Crippen LogP contribution in [0.4, 0.5) is 0 Å². The minimum atomic E-state index is -0.882. The lowest BCUT2D eigenvalue weighted by Crippen LogP contribution is -2.67. The van der Waals surface area contributed by atoms with Gasteiger partial charge in [-0.25, -0.2) is 0 Å². The lowest BCUT2D eigenvalue weighted by molar-refractivity contribution is -0.249. The molecule has 0 radical (unpaired) electrons. The number of allylic oxidation sites excluding steroid dienone is 1. The number of esters is 1. The summed E-state index contributed by atoms with van der Waals surface area (Å²) < 4.78 is 6.27. The number of amides is 1. The Labute approximate surface area is 296 Å². The Kier molecular flexibility index (Phi) is 9.53. The predicted molar refractivity (Wildman–Crippen MR) is 194 cm³/mol. The van der Waals surface area contributed by atoms with Crippen molar-refractivity contribution in [1.29, 1.82) is 0 Å². The Morgan fingerprint density at radius 1 is 0.837 bits per heavy atom. The Bertz CT molecular complexity index is 1330. The van der Waals surface area contributed by atoms with E-state index in [-0.39, 0.29) is 52.0 Å². The van der Waals surface area contributed by atoms with E-state index in [0.717, 1.165) is 70.9 Å². The van der Waals surface area contributed by atoms with E-state index in [4.69, 9.17) is 4.74 Å². The molecule has 0 bridgehead atoms. The third kappa shape index (κ3) is 5.92. The fourth-order valence-corrected chi connectivity index (χ4v) is 14.1. The standard InChI is InChI=1S/C42H68N2O5/c1-26(2)28-12-19-42(36(48)44-27-15-22-43-23-16-27)21-20-40(8)29(35(28)42)10-11-31-39(7)17-14-32(38(5,6)30(39)13-18-41(31,40)9)49-34(47)25-37(3,4)24-33(45)46/h27-32,35,43H,1,10-25H2,2-9H3,(H,44,48)(H,45,46)/t28-,29+,30-,31+,32-,35+,39-,40+,41+,42-/m0/s1. The van der Waals surface area contributed by atoms with Gasteiger partial charge < -0.3 is 20.5 Å². The Hall–Kier alpha value is -1.89. The quantitative estimate of drug-likeness (QED) is 0.176. The van der Waals surface area contributed by atoms with Crippen LogP contribution in [-0.4, -0.2) is 48.2 Å². The molecule has 0 aromatic heterocycles. The number of piperidine rings is 1. The van der Waals surface area contributed by atoms with Crippen molar-refractivity contribution in [3.63, 3.8) is 0 Å². The lowest BCUT2D eigenvalue weighted by Gasteiger charge is -2.72. The fourth-order valence-electron chi connectivity index (χ4n) is 14.1. The number of carboxylic acids is 1. The molecule has 276 valence electrons. The average Bonchev–Trinajstić information content (AvgIpc) is 3.40. The summed E-state index contributed by atoms with van der Waals surface area (Å²) in [5.74, 6) is 1.54. The van der Waals surface area contributed by atoms with Crippen LogP contribution in [0.2, 0.25) is 0 Å². The smallest absolute Gasteiger partial charge is 0.306 e. The molecule has 1 heterocycles. The highest BCUT2D eigenvalue weighted by Gasteiger charge is 2.72. The molecule has 6 aliphatic rings. The first-order valence-electron chi connectivity index (χ1n) is 19.9. The molecule has 1 saturated heterocycles. The molecule has 6 fully saturated rings. The summed E-state index contributed by atoms with van der Waals surface area (Å²) in [6, 6.07) is 0.290. The van der Waals surface area contributed by atoms with Crippen molar-refractivity contribution in [2.24, 2.45) is 62.1 Å². The molecule has 3 N–H and O–H groups in total. The van der Waals surface area contributed by atoms with Crippen molar-refractivity contribution in [2.45, 2.75) is 157 Å². The van der Waals surface area contributed by atoms with Crippen LogP contribution in [0.25, 0.3) is 0 Å². The predicted octanol–water partition coefficient (Wildman–Crippen LogP) is 8.32. The van der Waals surface area contributed by atoms with Crippen LogP contribution in [0.15, 0.2) is 12.2 Å². The topological polar surface area (TPSA) is 105 Å². The second-order valence-corrected chi connectivity index (χ2v) is 20.1. The van der Waals surface area contributed by atoms with E-state index in [1.807, 2.05) is 13.8 Å². The number of carbonyl (C=O) groups is 3. The summed E-state index contributed by atoms with van der Waals surface area (Å²) >= 11 is 0. The van der Waals surface area contributed by atoms with E-state index < -0.39 is 11.4 Å². The van der Waals surface area contributed by atoms with E-state index in [1.165, 1.54) is 24.8 Å². The summed E-state index contributed by atoms with van der Waals surface area (Å²) in [6.45, 7) is 24.9. The van der Waals surface area contributed by atoms with E-state index >= 15 is 0 Å². The molecule has 0 unspecified atom stereocenters. The van der Waals surface area contributed by atoms with Gasteiger partial charge in [-0.2, -0.15) is 0 Å². The van der Waals surface area contributed by atoms with E-state index in [0.29, 0.717) is 41.5 Å². The molecule has 7 heteroatoms. The largest absolute Gasteiger partial charge is 0.481 e. The third-order valence-corrected chi connectivity index (χ3v) is 16.7. The Morgan fingerprint density at radius 2 is 1.53 bits per heavy atom. The number of nitrogens with one attached hydrogen (secondary N) is 2. The summed E-state index contributed by atoms with van der Waals surface area (Å²) in [5.41, 5.74) is 0.700. The minimum absolute atomic E-state index is 0.0467. The number of aliphatic carboxylic acids is 1. The van der Waals surface area contributed by atoms with Crippen LogP contribution in [0, 0.1) is 62.1 Å². The van der Waals surface area contributed by atoms with Crippen molar-refractivity contribution in [3.8, 4) is 0 Å². The minimum Gasteiger partial charge on any atom is -0.481 e. The number of ether oxygens (including phenoxy) is 1. The zero-order chi connectivity index (χ0) is 35.8. The Balaban J connectivity index is 1.24. The molecule has 7 nitrogen and oxygen atoms in total. The normalized spacial score (nSPS) is 43.3. The molecule has 6 rings (SSSR count). The maximum absolute atomic E-state index is 14.5. The first-order chi connectivity index (χ1) is 22.8. The fraction of sp³-hybridized carbons (Fsp3) is 0.881. The van der Waals surface area contributed by atoms with Gasteiger partial charge >= 0.3 is 11.9 Å². The third-order valence-electron chi connectivity index (χ3n) is 16.7. The second-order valence-electron chi connectivity index (χ2n) is 20.1. The van der Waals surface area contributed by atoms with Gasteiger partial charge in [0, 0.05) is 11.5 Å². The van der Waals surface area contributed by atoms with Crippen molar-refractivity contribution in [2.75, 3.05) is 13.1 Å². The second kappa shape index (κ2) is 12.7. The number of rotatable bonds is 8. The molecule has 0 aromatic rings. The molecule has 0 spiro atoms. The molecule has 0 aromatic carbocycles. The number of hydrogen-bond acceptors (Lipinski definition) is 5. The van der Waals surface area contributed by atoms with Gasteiger partial charge in [0.1, 0.15) is 6.10 Å². The van der Waals surface area contributed by atoms with Gasteiger partial charge in [0.05, 0.1) is 18.3 Å². The monoisotopic (exact) mass is 681 g/mol. The lowest BCUT2D eigenvalue weighted by atomic mass is 9.32. The summed E-state index contributed by atoms with van der Waals surface area (Å²) in [6.07, 6.45) is 12.8. The number of carboxylic acid groups (broad SMARTS) is 1. The summed E-state index contributed by atoms with van der Waals surface area (Å²) in [5, 5.41) is 16.4. The van der Waals surface area contributed by atoms with Crippen LogP contribution < -0.4 is 10.6 Å². The Morgan fingerprint density at radius 3 is 2.18 bits per heavy atom. The highest BCUT2D eigenvalue weighted by molar-refractivity contribution is 5.84. The van der Waals surface area contributed by atoms with Gasteiger partial charge in [0.15, 0.2) is 0 Å². The van der Waals surface area contributed by atoms with E-state index in [9.17, 15) is 19.5 Å². The maximum Gasteiger partial charge on any atom is 0.306 e. The van der Waals surface area contributed by atoms with Crippen molar-refractivity contribution < 1.29 is 24.2 Å². The summed E-state index contributed by atoms with van der Waals surface area (Å²) in [7, 11) is 0. The van der Waals surface area contributed by atoms with Gasteiger partial charge in [0.25, 0.3) is 0 Å². The zero-order valence-corrected chi connectivity index (χ0v) is 32.1. The first-order valence-corrected chi connectivity index (χ1v) is 19.9. The number of fused-ring (bicyclic) bond motifs is 7. The van der Waals surface area contributed by atoms with Crippen molar-refractivity contribution in [3.05, 3.63) is 12.2 Å². The molecular weight excluding hydrogens is 612 g/mol. The molecule has 5 saturated carbocycles. The maximum atomic E-state index is 14.5. The molecule has 1 amide bonds. The van der Waals surface area contributed by atoms with Crippen LogP contribution in [-0.2, 0) is 19.1 Å². The SMILES string of the molecule is C=C(C)[C@@H]1CC[C@]2(C(=O)NC3CCNCC3)CC[C@]3(C)[C@H](CC[C@@H]4[C@@]5(C)CC[C@H](OC(=O)CC(C)(C)CC(=O)O)C(C)(C)[C@@H]5CC[C@]43C)[C@@H]12. The molecule has 10 atom stereocenters. The van der Waals surface area contributed by atoms with Gasteiger partial charge in [0.2, 0.25) is 5.91 Å². The van der Waals surface area contributed by atoms with Crippen LogP contribution in [0.3, 0.4) is 0 Å². The van der Waals surface area contributed by atoms with Crippen LogP contribution >= 0.6 is 0 Å². The van der Waals surface area contributed by atoms with Gasteiger partial charge in [-0.05, 0) is 148 Å². The number of hydrogen-bond donors (Lipinski definition) is 3. The highest BCUT2D eigenvalue weighted by atomic mass is 16.5.